The van der Waals surface area contributed by atoms with Gasteiger partial charge in [-0.25, -0.2) is 14.6 Å². The maximum absolute atomic E-state index is 13.3. The molecule has 1 aromatic carbocycles. The Morgan fingerprint density at radius 3 is 2.73 bits per heavy atom. The molecule has 2 aliphatic rings. The van der Waals surface area contributed by atoms with E-state index >= 15 is 0 Å². The molecule has 1 aliphatic carbocycles. The van der Waals surface area contributed by atoms with Gasteiger partial charge in [-0.1, -0.05) is 38.1 Å². The van der Waals surface area contributed by atoms with E-state index < -0.39 is 0 Å². The number of fused-ring (bicyclic) bond motifs is 3. The number of aromatic nitrogens is 4. The van der Waals surface area contributed by atoms with Crippen LogP contribution in [0.25, 0.3) is 17.2 Å². The van der Waals surface area contributed by atoms with E-state index in [4.69, 9.17) is 4.98 Å². The molecular formula is C26H32N6O. The first-order valence-corrected chi connectivity index (χ1v) is 12.1. The number of amides is 1. The molecule has 7 nitrogen and oxygen atoms in total. The third-order valence-electron chi connectivity index (χ3n) is 7.23. The van der Waals surface area contributed by atoms with Gasteiger partial charge in [-0.15, -0.1) is 0 Å². The highest BCUT2D eigenvalue weighted by atomic mass is 16.2. The number of rotatable bonds is 5. The summed E-state index contributed by atoms with van der Waals surface area (Å²) in [5.74, 6) is 0.568. The molecule has 3 aromatic rings. The van der Waals surface area contributed by atoms with Crippen molar-refractivity contribution < 1.29 is 4.79 Å². The molecule has 2 aromatic heterocycles. The number of carbonyl (C=O) groups excluding carboxylic acids is 1. The second-order valence-corrected chi connectivity index (χ2v) is 9.02. The Labute approximate surface area is 195 Å². The molecule has 1 saturated heterocycles. The van der Waals surface area contributed by atoms with Gasteiger partial charge in [-0.05, 0) is 56.8 Å². The van der Waals surface area contributed by atoms with Crippen LogP contribution in [-0.4, -0.2) is 67.7 Å². The molecule has 172 valence electrons. The van der Waals surface area contributed by atoms with E-state index in [2.05, 4.69) is 53.1 Å². The Balaban J connectivity index is 1.43. The molecule has 0 N–H and O–H groups in total. The van der Waals surface area contributed by atoms with Crippen LogP contribution in [0.15, 0.2) is 36.7 Å². The number of benzene rings is 1. The zero-order valence-electron chi connectivity index (χ0n) is 19.8. The highest BCUT2D eigenvalue weighted by Crippen LogP contribution is 2.31. The van der Waals surface area contributed by atoms with Crippen LogP contribution < -0.4 is 0 Å². The van der Waals surface area contributed by atoms with Crippen molar-refractivity contribution in [2.24, 2.45) is 0 Å². The lowest BCUT2D eigenvalue weighted by molar-refractivity contribution is 0.0777. The monoisotopic (exact) mass is 444 g/mol. The first-order chi connectivity index (χ1) is 16.1. The van der Waals surface area contributed by atoms with Crippen molar-refractivity contribution in [1.82, 2.24) is 29.5 Å². The lowest BCUT2D eigenvalue weighted by Crippen LogP contribution is -2.38. The number of aryl methyl sites for hydroxylation is 2. The van der Waals surface area contributed by atoms with Gasteiger partial charge in [0.15, 0.2) is 0 Å². The van der Waals surface area contributed by atoms with Gasteiger partial charge in [0.1, 0.15) is 0 Å². The zero-order valence-corrected chi connectivity index (χ0v) is 19.8. The summed E-state index contributed by atoms with van der Waals surface area (Å²) in [6.07, 6.45) is 7.73. The van der Waals surface area contributed by atoms with Crippen molar-refractivity contribution in [3.63, 3.8) is 0 Å². The van der Waals surface area contributed by atoms with Crippen molar-refractivity contribution in [2.75, 3.05) is 26.2 Å². The van der Waals surface area contributed by atoms with Gasteiger partial charge in [0.05, 0.1) is 23.1 Å². The van der Waals surface area contributed by atoms with Crippen LogP contribution in [0.2, 0.25) is 0 Å². The van der Waals surface area contributed by atoms with Gasteiger partial charge in [0.25, 0.3) is 11.9 Å². The summed E-state index contributed by atoms with van der Waals surface area (Å²) >= 11 is 0. The van der Waals surface area contributed by atoms with Crippen LogP contribution >= 0.6 is 0 Å². The summed E-state index contributed by atoms with van der Waals surface area (Å²) < 4.78 is 1.71. The van der Waals surface area contributed by atoms with Crippen molar-refractivity contribution in [3.8, 4) is 17.2 Å². The number of hydrogen-bond donors (Lipinski definition) is 0. The van der Waals surface area contributed by atoms with Crippen LogP contribution in [0.3, 0.4) is 0 Å². The summed E-state index contributed by atoms with van der Waals surface area (Å²) in [5.41, 5.74) is 6.07. The van der Waals surface area contributed by atoms with Crippen LogP contribution in [0.5, 0.6) is 0 Å². The quantitative estimate of drug-likeness (QED) is 0.601. The van der Waals surface area contributed by atoms with Crippen molar-refractivity contribution >= 4 is 5.91 Å². The summed E-state index contributed by atoms with van der Waals surface area (Å²) in [5, 5.41) is 4.53. The van der Waals surface area contributed by atoms with Crippen LogP contribution in [0.4, 0.5) is 0 Å². The van der Waals surface area contributed by atoms with Crippen molar-refractivity contribution in [2.45, 2.75) is 52.5 Å². The Morgan fingerprint density at radius 2 is 1.91 bits per heavy atom. The number of carbonyl (C=O) groups is 1. The molecule has 1 fully saturated rings. The maximum atomic E-state index is 13.3. The molecule has 1 aliphatic heterocycles. The SMILES string of the molecule is CCN(CC)[C@H]1CCN(C(=O)c2cnn(-c3ncc4c(n3)-c3ccccc3CCC4)c2C)C1. The van der Waals surface area contributed by atoms with Crippen molar-refractivity contribution in [1.29, 1.82) is 0 Å². The maximum Gasteiger partial charge on any atom is 0.257 e. The first-order valence-electron chi connectivity index (χ1n) is 12.1. The molecular weight excluding hydrogens is 412 g/mol. The van der Waals surface area contributed by atoms with Gasteiger partial charge in [0.2, 0.25) is 0 Å². The summed E-state index contributed by atoms with van der Waals surface area (Å²) in [6, 6.07) is 8.91. The minimum atomic E-state index is 0.0495. The fourth-order valence-corrected chi connectivity index (χ4v) is 5.31. The smallest absolute Gasteiger partial charge is 0.257 e. The molecule has 7 heteroatoms. The zero-order chi connectivity index (χ0) is 22.9. The van der Waals surface area contributed by atoms with Crippen LogP contribution in [-0.2, 0) is 12.8 Å². The molecule has 0 spiro atoms. The molecule has 33 heavy (non-hydrogen) atoms. The minimum Gasteiger partial charge on any atom is -0.337 e. The predicted molar refractivity (Wildman–Crippen MR) is 129 cm³/mol. The van der Waals surface area contributed by atoms with Gasteiger partial charge in [0, 0.05) is 30.9 Å². The molecule has 1 atom stereocenters. The largest absolute Gasteiger partial charge is 0.337 e. The number of hydrogen-bond acceptors (Lipinski definition) is 5. The second kappa shape index (κ2) is 9.06. The van der Waals surface area contributed by atoms with E-state index in [9.17, 15) is 4.79 Å². The average molecular weight is 445 g/mol. The minimum absolute atomic E-state index is 0.0495. The predicted octanol–water partition coefficient (Wildman–Crippen LogP) is 3.68. The second-order valence-electron chi connectivity index (χ2n) is 9.02. The Hall–Kier alpha value is -3.06. The van der Waals surface area contributed by atoms with E-state index in [0.29, 0.717) is 17.6 Å². The third kappa shape index (κ3) is 3.95. The molecule has 0 bridgehead atoms. The Bertz CT molecular complexity index is 1170. The normalized spacial score (nSPS) is 17.7. The van der Waals surface area contributed by atoms with Crippen LogP contribution in [0.1, 0.15) is 53.9 Å². The molecule has 1 amide bonds. The molecule has 3 heterocycles. The first kappa shape index (κ1) is 21.8. The molecule has 0 unspecified atom stereocenters. The van der Waals surface area contributed by atoms with E-state index in [1.54, 1.807) is 10.9 Å². The lowest BCUT2D eigenvalue weighted by Gasteiger charge is -2.26. The van der Waals surface area contributed by atoms with Crippen molar-refractivity contribution in [3.05, 3.63) is 59.0 Å². The van der Waals surface area contributed by atoms with E-state index in [1.807, 2.05) is 18.0 Å². The highest BCUT2D eigenvalue weighted by Gasteiger charge is 2.31. The summed E-state index contributed by atoms with van der Waals surface area (Å²) in [6.45, 7) is 9.88. The topological polar surface area (TPSA) is 67.2 Å². The Morgan fingerprint density at radius 1 is 1.12 bits per heavy atom. The fraction of sp³-hybridized carbons (Fsp3) is 0.462. The highest BCUT2D eigenvalue weighted by molar-refractivity contribution is 5.95. The summed E-state index contributed by atoms with van der Waals surface area (Å²) in [4.78, 5) is 27.3. The van der Waals surface area contributed by atoms with Gasteiger partial charge in [-0.3, -0.25) is 9.69 Å². The van der Waals surface area contributed by atoms with E-state index in [0.717, 1.165) is 63.3 Å². The number of nitrogens with zero attached hydrogens (tertiary/aromatic N) is 6. The summed E-state index contributed by atoms with van der Waals surface area (Å²) in [7, 11) is 0. The Kier molecular flexibility index (Phi) is 5.98. The van der Waals surface area contributed by atoms with Gasteiger partial charge < -0.3 is 4.90 Å². The van der Waals surface area contributed by atoms with Gasteiger partial charge >= 0.3 is 0 Å². The lowest BCUT2D eigenvalue weighted by atomic mass is 10.0. The average Bonchev–Trinajstić information content (AvgIpc) is 3.43. The van der Waals surface area contributed by atoms with Gasteiger partial charge in [-0.2, -0.15) is 5.10 Å². The van der Waals surface area contributed by atoms with E-state index in [-0.39, 0.29) is 5.91 Å². The third-order valence-corrected chi connectivity index (χ3v) is 7.23. The number of likely N-dealkylation sites (tertiary alicyclic amines) is 1. The number of likely N-dealkylation sites (N-methyl/N-ethyl adjacent to an activating group) is 1. The van der Waals surface area contributed by atoms with E-state index in [1.165, 1.54) is 16.7 Å². The molecule has 5 rings (SSSR count). The molecule has 0 radical (unpaired) electrons. The standard InChI is InChI=1S/C26H32N6O/c1-4-30(5-2)21-13-14-31(17-21)25(33)23-16-28-32(18(23)3)26-27-15-20-11-8-10-19-9-6-7-12-22(19)24(20)29-26/h6-7,9,12,15-16,21H,4-5,8,10-11,13-14,17H2,1-3H3/t21-/m0/s1. The van der Waals surface area contributed by atoms with Crippen LogP contribution in [0, 0.1) is 6.92 Å². The fourth-order valence-electron chi connectivity index (χ4n) is 5.31. The molecule has 0 saturated carbocycles.